The van der Waals surface area contributed by atoms with Gasteiger partial charge in [0.1, 0.15) is 5.75 Å². The summed E-state index contributed by atoms with van der Waals surface area (Å²) in [6.45, 7) is 9.76. The van der Waals surface area contributed by atoms with E-state index in [1.165, 1.54) is 88.4 Å². The van der Waals surface area contributed by atoms with Crippen LogP contribution in [0.3, 0.4) is 0 Å². The first kappa shape index (κ1) is 29.2. The fraction of sp³-hybridized carbons (Fsp3) is 0.677. The number of fused-ring (bicyclic) bond motifs is 1. The third kappa shape index (κ3) is 10.1. The molecule has 0 unspecified atom stereocenters. The average molecular weight is 511 g/mol. The van der Waals surface area contributed by atoms with Gasteiger partial charge in [-0.3, -0.25) is 4.98 Å². The maximum atomic E-state index is 10.8. The first-order valence-corrected chi connectivity index (χ1v) is 14.9. The number of unbranched alkanes of at least 4 members (excludes halogenated alkanes) is 5. The van der Waals surface area contributed by atoms with Crippen LogP contribution in [0.2, 0.25) is 0 Å². The van der Waals surface area contributed by atoms with Gasteiger partial charge in [-0.2, -0.15) is 0 Å². The van der Waals surface area contributed by atoms with E-state index >= 15 is 0 Å². The summed E-state index contributed by atoms with van der Waals surface area (Å²) in [6, 6.07) is 7.92. The molecule has 6 nitrogen and oxygen atoms in total. The Morgan fingerprint density at radius 1 is 1.08 bits per heavy atom. The molecular weight excluding hydrogens is 460 g/mol. The number of likely N-dealkylation sites (tertiary alicyclic amines) is 1. The minimum Gasteiger partial charge on any atom is -0.494 e. The van der Waals surface area contributed by atoms with Gasteiger partial charge in [-0.15, -0.1) is 0 Å². The minimum atomic E-state index is -0.473. The highest BCUT2D eigenvalue weighted by Crippen LogP contribution is 2.31. The number of benzene rings is 1. The molecule has 0 radical (unpaired) electrons. The summed E-state index contributed by atoms with van der Waals surface area (Å²) in [4.78, 5) is 18.1. The van der Waals surface area contributed by atoms with Crippen molar-refractivity contribution in [3.8, 4) is 5.75 Å². The number of carbonyl (C=O) groups is 1. The lowest BCUT2D eigenvalue weighted by atomic mass is 9.80. The largest absolute Gasteiger partial charge is 0.494 e. The molecule has 37 heavy (non-hydrogen) atoms. The van der Waals surface area contributed by atoms with Crippen LogP contribution in [0.25, 0.3) is 10.9 Å². The lowest BCUT2D eigenvalue weighted by Gasteiger charge is -2.38. The Labute approximate surface area is 224 Å². The van der Waals surface area contributed by atoms with Gasteiger partial charge < -0.3 is 20.7 Å². The minimum absolute atomic E-state index is 0.473. The van der Waals surface area contributed by atoms with Crippen LogP contribution in [0, 0.1) is 11.8 Å². The molecule has 2 amide bonds. The first-order valence-electron chi connectivity index (χ1n) is 14.9. The van der Waals surface area contributed by atoms with Crippen LogP contribution in [-0.4, -0.2) is 48.7 Å². The van der Waals surface area contributed by atoms with Crippen molar-refractivity contribution in [2.24, 2.45) is 17.6 Å². The van der Waals surface area contributed by atoms with Gasteiger partial charge in [0, 0.05) is 24.7 Å². The molecule has 0 saturated carbocycles. The Morgan fingerprint density at radius 2 is 1.95 bits per heavy atom. The number of hydrogen-bond acceptors (Lipinski definition) is 4. The van der Waals surface area contributed by atoms with Crippen molar-refractivity contribution in [3.05, 3.63) is 36.0 Å². The van der Waals surface area contributed by atoms with Gasteiger partial charge in [-0.25, -0.2) is 4.79 Å². The van der Waals surface area contributed by atoms with E-state index in [0.717, 1.165) is 42.4 Å². The lowest BCUT2D eigenvalue weighted by Crippen LogP contribution is -2.40. The molecule has 3 rings (SSSR count). The number of amides is 2. The van der Waals surface area contributed by atoms with E-state index in [9.17, 15) is 4.79 Å². The number of aromatic nitrogens is 1. The number of primary amides is 1. The number of nitrogens with one attached hydrogen (secondary N) is 1. The van der Waals surface area contributed by atoms with E-state index in [-0.39, 0.29) is 0 Å². The van der Waals surface area contributed by atoms with Gasteiger partial charge >= 0.3 is 6.03 Å². The van der Waals surface area contributed by atoms with Crippen molar-refractivity contribution in [1.82, 2.24) is 15.2 Å². The summed E-state index contributed by atoms with van der Waals surface area (Å²) in [7, 11) is 0. The second kappa shape index (κ2) is 16.5. The standard InChI is InChI=1S/C31H50N4O2/c1-3-5-6-7-9-20-35-21-17-26(25(4-2)24-35)12-11-13-27-16-19-33-30-15-14-28(23-29(27)30)37-22-10-8-18-34-31(32)36/h14-16,19,23,25-26H,3-13,17-18,20-22,24H2,1-2H3,(H3,32,34,36)/t25-,26+/m0/s1. The van der Waals surface area contributed by atoms with E-state index < -0.39 is 6.03 Å². The zero-order valence-electron chi connectivity index (χ0n) is 23.4. The highest BCUT2D eigenvalue weighted by molar-refractivity contribution is 5.83. The monoisotopic (exact) mass is 510 g/mol. The van der Waals surface area contributed by atoms with E-state index in [2.05, 4.69) is 47.2 Å². The molecule has 0 aliphatic carbocycles. The van der Waals surface area contributed by atoms with Crippen LogP contribution in [0.5, 0.6) is 5.75 Å². The fourth-order valence-electron chi connectivity index (χ4n) is 5.81. The van der Waals surface area contributed by atoms with Gasteiger partial charge in [0.15, 0.2) is 0 Å². The smallest absolute Gasteiger partial charge is 0.312 e. The molecule has 2 heterocycles. The summed E-state index contributed by atoms with van der Waals surface area (Å²) in [5.41, 5.74) is 7.51. The number of rotatable bonds is 17. The van der Waals surface area contributed by atoms with E-state index in [0.29, 0.717) is 13.2 Å². The number of nitrogens with zero attached hydrogens (tertiary/aromatic N) is 2. The number of aryl methyl sites for hydroxylation is 1. The SMILES string of the molecule is CCCCCCCN1CC[C@@H](CCCc2ccnc3ccc(OCCCCNC(N)=O)cc23)[C@@H](CC)C1. The molecule has 2 aromatic rings. The molecule has 1 saturated heterocycles. The number of nitrogens with two attached hydrogens (primary N) is 1. The number of ether oxygens (including phenoxy) is 1. The topological polar surface area (TPSA) is 80.5 Å². The summed E-state index contributed by atoms with van der Waals surface area (Å²) in [5, 5.41) is 3.82. The Kier molecular flexibility index (Phi) is 13.0. The first-order chi connectivity index (χ1) is 18.1. The van der Waals surface area contributed by atoms with Crippen LogP contribution in [0.4, 0.5) is 4.79 Å². The van der Waals surface area contributed by atoms with Crippen LogP contribution in [-0.2, 0) is 6.42 Å². The molecule has 6 heteroatoms. The summed E-state index contributed by atoms with van der Waals surface area (Å²) >= 11 is 0. The van der Waals surface area contributed by atoms with Crippen LogP contribution in [0.15, 0.2) is 30.5 Å². The Balaban J connectivity index is 1.45. The van der Waals surface area contributed by atoms with Crippen LogP contribution in [0.1, 0.15) is 90.0 Å². The van der Waals surface area contributed by atoms with Crippen LogP contribution < -0.4 is 15.8 Å². The number of piperidine rings is 1. The molecular formula is C31H50N4O2. The molecule has 1 aliphatic rings. The Bertz CT molecular complexity index is 935. The predicted molar refractivity (Wildman–Crippen MR) is 154 cm³/mol. The van der Waals surface area contributed by atoms with Crippen molar-refractivity contribution < 1.29 is 9.53 Å². The molecule has 1 aliphatic heterocycles. The third-order valence-electron chi connectivity index (χ3n) is 8.04. The highest BCUT2D eigenvalue weighted by Gasteiger charge is 2.27. The van der Waals surface area contributed by atoms with Gasteiger partial charge in [0.2, 0.25) is 0 Å². The van der Waals surface area contributed by atoms with E-state index in [1.807, 2.05) is 12.3 Å². The summed E-state index contributed by atoms with van der Waals surface area (Å²) < 4.78 is 5.99. The molecule has 3 N–H and O–H groups in total. The molecule has 2 atom stereocenters. The molecule has 0 bridgehead atoms. The van der Waals surface area contributed by atoms with Gasteiger partial charge in [0.25, 0.3) is 0 Å². The average Bonchev–Trinajstić information content (AvgIpc) is 2.91. The number of urea groups is 1. The van der Waals surface area contributed by atoms with Crippen molar-refractivity contribution in [1.29, 1.82) is 0 Å². The normalized spacial score (nSPS) is 18.2. The number of pyridine rings is 1. The number of hydrogen-bond donors (Lipinski definition) is 2. The van der Waals surface area contributed by atoms with Gasteiger partial charge in [-0.05, 0) is 99.7 Å². The zero-order chi connectivity index (χ0) is 26.3. The maximum absolute atomic E-state index is 10.8. The Hall–Kier alpha value is -2.34. The third-order valence-corrected chi connectivity index (χ3v) is 8.04. The molecule has 206 valence electrons. The van der Waals surface area contributed by atoms with Gasteiger partial charge in [-0.1, -0.05) is 46.0 Å². The summed E-state index contributed by atoms with van der Waals surface area (Å²) in [6.07, 6.45) is 16.8. The van der Waals surface area contributed by atoms with E-state index in [1.54, 1.807) is 0 Å². The molecule has 1 aromatic heterocycles. The van der Waals surface area contributed by atoms with Crippen molar-refractivity contribution in [2.75, 3.05) is 32.8 Å². The molecule has 1 aromatic carbocycles. The quantitative estimate of drug-likeness (QED) is 0.232. The Morgan fingerprint density at radius 3 is 2.76 bits per heavy atom. The number of carbonyl (C=O) groups excluding carboxylic acids is 1. The van der Waals surface area contributed by atoms with Crippen molar-refractivity contribution in [2.45, 2.75) is 90.9 Å². The lowest BCUT2D eigenvalue weighted by molar-refractivity contribution is 0.108. The fourth-order valence-corrected chi connectivity index (χ4v) is 5.81. The van der Waals surface area contributed by atoms with E-state index in [4.69, 9.17) is 10.5 Å². The maximum Gasteiger partial charge on any atom is 0.312 e. The summed E-state index contributed by atoms with van der Waals surface area (Å²) in [5.74, 6) is 2.59. The van der Waals surface area contributed by atoms with Crippen molar-refractivity contribution >= 4 is 16.9 Å². The second-order valence-electron chi connectivity index (χ2n) is 10.8. The highest BCUT2D eigenvalue weighted by atomic mass is 16.5. The van der Waals surface area contributed by atoms with Crippen molar-refractivity contribution in [3.63, 3.8) is 0 Å². The second-order valence-corrected chi connectivity index (χ2v) is 10.8. The van der Waals surface area contributed by atoms with Crippen LogP contribution >= 0.6 is 0 Å². The zero-order valence-corrected chi connectivity index (χ0v) is 23.4. The molecule has 1 fully saturated rings. The predicted octanol–water partition coefficient (Wildman–Crippen LogP) is 6.70. The molecule has 0 spiro atoms. The van der Waals surface area contributed by atoms with Gasteiger partial charge in [0.05, 0.1) is 12.1 Å².